The quantitative estimate of drug-likeness (QED) is 0.785. The maximum atomic E-state index is 12.6. The molecule has 4 bridgehead atoms. The fourth-order valence-corrected chi connectivity index (χ4v) is 5.99. The van der Waals surface area contributed by atoms with E-state index in [2.05, 4.69) is 10.1 Å². The molecule has 0 aliphatic heterocycles. The Morgan fingerprint density at radius 2 is 1.70 bits per heavy atom. The highest BCUT2D eigenvalue weighted by Crippen LogP contribution is 2.55. The number of carbonyl (C=O) groups is 1. The fraction of sp³-hybridized carbons (Fsp3) is 0.667. The van der Waals surface area contributed by atoms with Crippen LogP contribution >= 0.6 is 0 Å². The summed E-state index contributed by atoms with van der Waals surface area (Å²) in [6.45, 7) is -1.88. The Morgan fingerprint density at radius 1 is 1.15 bits per heavy atom. The summed E-state index contributed by atoms with van der Waals surface area (Å²) in [5.74, 6) is 2.67. The number of rotatable bonds is 7. The van der Waals surface area contributed by atoms with Gasteiger partial charge in [0.25, 0.3) is 0 Å². The van der Waals surface area contributed by atoms with Crippen LogP contribution in [0, 0.1) is 17.8 Å². The number of amides is 1. The molecule has 4 aliphatic carbocycles. The number of carbonyl (C=O) groups excluding carboxylic acids is 1. The van der Waals surface area contributed by atoms with E-state index < -0.39 is 6.61 Å². The summed E-state index contributed by atoms with van der Waals surface area (Å²) in [4.78, 5) is 14.6. The Hall–Kier alpha value is -1.69. The first-order valence-electron chi connectivity index (χ1n) is 9.92. The molecule has 0 spiro atoms. The molecule has 5 rings (SSSR count). The molecule has 1 N–H and O–H groups in total. The predicted octanol–water partition coefficient (Wildman–Crippen LogP) is 3.80. The van der Waals surface area contributed by atoms with Crippen LogP contribution in [0.4, 0.5) is 8.78 Å². The van der Waals surface area contributed by atoms with Crippen molar-refractivity contribution in [2.24, 2.45) is 17.8 Å². The van der Waals surface area contributed by atoms with E-state index in [4.69, 9.17) is 0 Å². The number of hydrogen-bond donors (Lipinski definition) is 1. The van der Waals surface area contributed by atoms with Crippen LogP contribution in [0.15, 0.2) is 24.3 Å². The van der Waals surface area contributed by atoms with Gasteiger partial charge in [-0.15, -0.1) is 0 Å². The van der Waals surface area contributed by atoms with Crippen molar-refractivity contribution in [3.05, 3.63) is 29.8 Å². The van der Waals surface area contributed by atoms with E-state index in [0.717, 1.165) is 42.6 Å². The number of likely N-dealkylation sites (N-methyl/N-ethyl adjacent to an activating group) is 1. The molecule has 0 radical (unpaired) electrons. The van der Waals surface area contributed by atoms with Gasteiger partial charge in [0.2, 0.25) is 5.91 Å². The molecule has 1 aromatic carbocycles. The average Bonchev–Trinajstić information content (AvgIpc) is 2.54. The first kappa shape index (κ1) is 18.7. The Bertz CT molecular complexity index is 642. The third kappa shape index (κ3) is 4.42. The smallest absolute Gasteiger partial charge is 0.387 e. The van der Waals surface area contributed by atoms with Gasteiger partial charge in [0.15, 0.2) is 0 Å². The Labute approximate surface area is 159 Å². The topological polar surface area (TPSA) is 41.6 Å². The van der Waals surface area contributed by atoms with Crippen LogP contribution in [-0.4, -0.2) is 36.5 Å². The van der Waals surface area contributed by atoms with Crippen LogP contribution in [0.2, 0.25) is 0 Å². The molecule has 4 nitrogen and oxygen atoms in total. The highest BCUT2D eigenvalue weighted by atomic mass is 19.3. The summed E-state index contributed by atoms with van der Waals surface area (Å²) in [7, 11) is 1.91. The number of nitrogens with one attached hydrogen (secondary N) is 1. The highest BCUT2D eigenvalue weighted by Gasteiger charge is 2.51. The van der Waals surface area contributed by atoms with Crippen LogP contribution in [0.1, 0.15) is 44.1 Å². The second-order valence-electron chi connectivity index (χ2n) is 8.94. The molecule has 0 saturated heterocycles. The van der Waals surface area contributed by atoms with Gasteiger partial charge in [-0.3, -0.25) is 9.69 Å². The summed E-state index contributed by atoms with van der Waals surface area (Å²) in [6, 6.07) is 6.58. The van der Waals surface area contributed by atoms with Crippen LogP contribution in [0.25, 0.3) is 0 Å². The number of ether oxygens (including phenoxy) is 1. The fourth-order valence-electron chi connectivity index (χ4n) is 5.99. The molecule has 0 aromatic heterocycles. The van der Waals surface area contributed by atoms with Crippen LogP contribution < -0.4 is 10.1 Å². The number of hydrogen-bond acceptors (Lipinski definition) is 3. The van der Waals surface area contributed by atoms with E-state index in [-0.39, 0.29) is 17.2 Å². The van der Waals surface area contributed by atoms with E-state index in [1.807, 2.05) is 11.9 Å². The SMILES string of the molecule is CN(CC(=O)NC12CC3CC(CC(C3)C1)C2)Cc1ccc(OC(F)F)cc1. The maximum Gasteiger partial charge on any atom is 0.387 e. The van der Waals surface area contributed by atoms with Gasteiger partial charge < -0.3 is 10.1 Å². The minimum Gasteiger partial charge on any atom is -0.435 e. The minimum atomic E-state index is -2.81. The van der Waals surface area contributed by atoms with E-state index in [1.165, 1.54) is 31.4 Å². The third-order valence-electron chi connectivity index (χ3n) is 6.46. The molecule has 4 aliphatic rings. The summed E-state index contributed by atoms with van der Waals surface area (Å²) >= 11 is 0. The van der Waals surface area contributed by atoms with Crippen molar-refractivity contribution in [3.8, 4) is 5.75 Å². The van der Waals surface area contributed by atoms with E-state index in [0.29, 0.717) is 13.1 Å². The second kappa shape index (κ2) is 7.38. The van der Waals surface area contributed by atoms with Crippen molar-refractivity contribution in [1.29, 1.82) is 0 Å². The third-order valence-corrected chi connectivity index (χ3v) is 6.46. The maximum absolute atomic E-state index is 12.6. The molecule has 1 aromatic rings. The summed E-state index contributed by atoms with van der Waals surface area (Å²) in [6.07, 6.45) is 7.54. The van der Waals surface area contributed by atoms with Crippen LogP contribution in [0.5, 0.6) is 5.75 Å². The zero-order valence-corrected chi connectivity index (χ0v) is 15.8. The standard InChI is InChI=1S/C21H28F2N2O2/c1-25(12-14-2-4-18(5-3-14)27-20(22)23)13-19(26)24-21-9-15-6-16(10-21)8-17(7-15)11-21/h2-5,15-17,20H,6-13H2,1H3,(H,24,26). The first-order chi connectivity index (χ1) is 12.9. The Morgan fingerprint density at radius 3 is 2.22 bits per heavy atom. The van der Waals surface area contributed by atoms with Gasteiger partial charge in [0.05, 0.1) is 6.54 Å². The molecular weight excluding hydrogens is 350 g/mol. The number of halogens is 2. The van der Waals surface area contributed by atoms with Gasteiger partial charge in [-0.2, -0.15) is 8.78 Å². The van der Waals surface area contributed by atoms with Gasteiger partial charge in [-0.05, 0) is 81.0 Å². The van der Waals surface area contributed by atoms with Gasteiger partial charge in [-0.25, -0.2) is 0 Å². The van der Waals surface area contributed by atoms with Crippen molar-refractivity contribution < 1.29 is 18.3 Å². The van der Waals surface area contributed by atoms with Crippen molar-refractivity contribution >= 4 is 5.91 Å². The molecule has 148 valence electrons. The lowest BCUT2D eigenvalue weighted by atomic mass is 9.53. The lowest BCUT2D eigenvalue weighted by molar-refractivity contribution is -0.127. The monoisotopic (exact) mass is 378 g/mol. The summed E-state index contributed by atoms with van der Waals surface area (Å²) in [5.41, 5.74) is 1.00. The molecule has 4 fully saturated rings. The van der Waals surface area contributed by atoms with Crippen LogP contribution in [-0.2, 0) is 11.3 Å². The number of nitrogens with zero attached hydrogens (tertiary/aromatic N) is 1. The molecule has 0 atom stereocenters. The van der Waals surface area contributed by atoms with E-state index >= 15 is 0 Å². The zero-order chi connectivity index (χ0) is 19.0. The van der Waals surface area contributed by atoms with Crippen molar-refractivity contribution in [1.82, 2.24) is 10.2 Å². The first-order valence-corrected chi connectivity index (χ1v) is 9.92. The zero-order valence-electron chi connectivity index (χ0n) is 15.8. The van der Waals surface area contributed by atoms with Crippen molar-refractivity contribution in [2.45, 2.75) is 57.2 Å². The van der Waals surface area contributed by atoms with Crippen LogP contribution in [0.3, 0.4) is 0 Å². The second-order valence-corrected chi connectivity index (χ2v) is 8.94. The average molecular weight is 378 g/mol. The molecule has 1 amide bonds. The van der Waals surface area contributed by atoms with Gasteiger partial charge in [0, 0.05) is 12.1 Å². The lowest BCUT2D eigenvalue weighted by Gasteiger charge is -2.57. The summed E-state index contributed by atoms with van der Waals surface area (Å²) in [5, 5.41) is 3.39. The molecule has 0 heterocycles. The van der Waals surface area contributed by atoms with Gasteiger partial charge in [-0.1, -0.05) is 12.1 Å². The highest BCUT2D eigenvalue weighted by molar-refractivity contribution is 5.79. The number of alkyl halides is 2. The molecular formula is C21H28F2N2O2. The minimum absolute atomic E-state index is 0.0426. The van der Waals surface area contributed by atoms with Gasteiger partial charge in [0.1, 0.15) is 5.75 Å². The Balaban J connectivity index is 1.28. The van der Waals surface area contributed by atoms with E-state index in [1.54, 1.807) is 12.1 Å². The molecule has 0 unspecified atom stereocenters. The Kier molecular flexibility index (Phi) is 5.10. The lowest BCUT2D eigenvalue weighted by Crippen LogP contribution is -2.60. The van der Waals surface area contributed by atoms with Crippen molar-refractivity contribution in [3.63, 3.8) is 0 Å². The molecule has 27 heavy (non-hydrogen) atoms. The normalized spacial score (nSPS) is 31.5. The van der Waals surface area contributed by atoms with E-state index in [9.17, 15) is 13.6 Å². The predicted molar refractivity (Wildman–Crippen MR) is 98.5 cm³/mol. The number of benzene rings is 1. The van der Waals surface area contributed by atoms with Gasteiger partial charge >= 0.3 is 6.61 Å². The largest absolute Gasteiger partial charge is 0.435 e. The summed E-state index contributed by atoms with van der Waals surface area (Å²) < 4.78 is 28.8. The molecule has 4 saturated carbocycles. The van der Waals surface area contributed by atoms with Crippen molar-refractivity contribution in [2.75, 3.05) is 13.6 Å². The molecule has 6 heteroatoms.